The zero-order valence-electron chi connectivity index (χ0n) is 10.5. The molecule has 17 heavy (non-hydrogen) atoms. The van der Waals surface area contributed by atoms with Crippen molar-refractivity contribution < 1.29 is 13.6 Å². The van der Waals surface area contributed by atoms with E-state index < -0.39 is 11.6 Å². The maximum Gasteiger partial charge on any atom is 0.170 e. The maximum atomic E-state index is 13.5. The Kier molecular flexibility index (Phi) is 2.42. The Hall–Kier alpha value is -1.25. The Labute approximate surface area is 99.8 Å². The van der Waals surface area contributed by atoms with Crippen LogP contribution in [0.3, 0.4) is 0 Å². The Morgan fingerprint density at radius 2 is 1.65 bits per heavy atom. The number of benzene rings is 1. The second kappa shape index (κ2) is 3.37. The number of halogens is 2. The average Bonchev–Trinajstić information content (AvgIpc) is 2.61. The van der Waals surface area contributed by atoms with E-state index in [1.165, 1.54) is 12.1 Å². The zero-order valence-corrected chi connectivity index (χ0v) is 10.5. The minimum Gasteiger partial charge on any atom is -0.294 e. The van der Waals surface area contributed by atoms with Gasteiger partial charge in [-0.05, 0) is 23.0 Å². The normalized spacial score (nSPS) is 21.3. The second-order valence-electron chi connectivity index (χ2n) is 5.84. The lowest BCUT2D eigenvalue weighted by Gasteiger charge is -2.04. The summed E-state index contributed by atoms with van der Waals surface area (Å²) in [7, 11) is 0. The molecular formula is C14H16F2O. The standard InChI is InChI=1S/C14H16F2O/c1-13(2)12(14(13,3)4)11(17)8-6-5-7-9(15)10(8)16/h5-7,12H,1-4H3. The fourth-order valence-electron chi connectivity index (χ4n) is 2.70. The molecule has 0 aliphatic heterocycles. The molecular weight excluding hydrogens is 222 g/mol. The molecule has 1 nitrogen and oxygen atoms in total. The summed E-state index contributed by atoms with van der Waals surface area (Å²) >= 11 is 0. The van der Waals surface area contributed by atoms with Crippen molar-refractivity contribution in [1.82, 2.24) is 0 Å². The third-order valence-electron chi connectivity index (χ3n) is 4.50. The van der Waals surface area contributed by atoms with Gasteiger partial charge in [0.2, 0.25) is 0 Å². The Bertz CT molecular complexity index is 475. The van der Waals surface area contributed by atoms with Crippen LogP contribution in [0.2, 0.25) is 0 Å². The molecule has 0 radical (unpaired) electrons. The highest BCUT2D eigenvalue weighted by Crippen LogP contribution is 2.69. The van der Waals surface area contributed by atoms with Crippen molar-refractivity contribution in [3.63, 3.8) is 0 Å². The van der Waals surface area contributed by atoms with E-state index in [1.54, 1.807) is 0 Å². The topological polar surface area (TPSA) is 17.1 Å². The van der Waals surface area contributed by atoms with Gasteiger partial charge in [0.05, 0.1) is 5.56 Å². The number of hydrogen-bond acceptors (Lipinski definition) is 1. The SMILES string of the molecule is CC1(C)C(C(=O)c2cccc(F)c2F)C1(C)C. The minimum absolute atomic E-state index is 0.131. The van der Waals surface area contributed by atoms with Crippen LogP contribution in [0.1, 0.15) is 38.1 Å². The number of carbonyl (C=O) groups is 1. The summed E-state index contributed by atoms with van der Waals surface area (Å²) in [5, 5.41) is 0. The number of hydrogen-bond donors (Lipinski definition) is 0. The summed E-state index contributed by atoms with van der Waals surface area (Å²) < 4.78 is 26.6. The van der Waals surface area contributed by atoms with Crippen molar-refractivity contribution in [2.45, 2.75) is 27.7 Å². The zero-order chi connectivity index (χ0) is 13.0. The third kappa shape index (κ3) is 1.52. The third-order valence-corrected chi connectivity index (χ3v) is 4.50. The van der Waals surface area contributed by atoms with Gasteiger partial charge in [0.15, 0.2) is 17.4 Å². The van der Waals surface area contributed by atoms with Gasteiger partial charge >= 0.3 is 0 Å². The van der Waals surface area contributed by atoms with Crippen molar-refractivity contribution in [3.05, 3.63) is 35.4 Å². The second-order valence-corrected chi connectivity index (χ2v) is 5.84. The van der Waals surface area contributed by atoms with Crippen molar-refractivity contribution in [2.24, 2.45) is 16.7 Å². The molecule has 1 aliphatic carbocycles. The van der Waals surface area contributed by atoms with Crippen LogP contribution in [0.4, 0.5) is 8.78 Å². The predicted octanol–water partition coefficient (Wildman–Crippen LogP) is 3.83. The van der Waals surface area contributed by atoms with Gasteiger partial charge in [0.1, 0.15) is 0 Å². The van der Waals surface area contributed by atoms with Crippen LogP contribution >= 0.6 is 0 Å². The largest absolute Gasteiger partial charge is 0.294 e. The number of carbonyl (C=O) groups excluding carboxylic acids is 1. The highest BCUT2D eigenvalue weighted by Gasteiger charge is 2.68. The van der Waals surface area contributed by atoms with Gasteiger partial charge < -0.3 is 0 Å². The predicted molar refractivity (Wildman–Crippen MR) is 61.7 cm³/mol. The van der Waals surface area contributed by atoms with E-state index in [9.17, 15) is 13.6 Å². The molecule has 0 amide bonds. The molecule has 3 heteroatoms. The highest BCUT2D eigenvalue weighted by molar-refractivity contribution is 6.01. The molecule has 0 atom stereocenters. The summed E-state index contributed by atoms with van der Waals surface area (Å²) in [6.07, 6.45) is 0. The van der Waals surface area contributed by atoms with Gasteiger partial charge in [0.25, 0.3) is 0 Å². The average molecular weight is 238 g/mol. The summed E-state index contributed by atoms with van der Waals surface area (Å²) in [6, 6.07) is 3.74. The summed E-state index contributed by atoms with van der Waals surface area (Å²) in [4.78, 5) is 12.2. The molecule has 1 aliphatic rings. The van der Waals surface area contributed by atoms with E-state index in [0.717, 1.165) is 6.07 Å². The van der Waals surface area contributed by atoms with Gasteiger partial charge in [-0.15, -0.1) is 0 Å². The van der Waals surface area contributed by atoms with E-state index in [-0.39, 0.29) is 28.1 Å². The molecule has 1 aromatic carbocycles. The minimum atomic E-state index is -1.03. The smallest absolute Gasteiger partial charge is 0.170 e. The van der Waals surface area contributed by atoms with Crippen LogP contribution in [0.15, 0.2) is 18.2 Å². The number of ketones is 1. The van der Waals surface area contributed by atoms with Gasteiger partial charge in [-0.1, -0.05) is 33.8 Å². The van der Waals surface area contributed by atoms with Crippen molar-refractivity contribution >= 4 is 5.78 Å². The van der Waals surface area contributed by atoms with E-state index in [0.29, 0.717) is 0 Å². The molecule has 1 fully saturated rings. The van der Waals surface area contributed by atoms with E-state index >= 15 is 0 Å². The van der Waals surface area contributed by atoms with Crippen LogP contribution in [0.5, 0.6) is 0 Å². The fourth-order valence-corrected chi connectivity index (χ4v) is 2.70. The summed E-state index contributed by atoms with van der Waals surface area (Å²) in [5.41, 5.74) is -0.459. The van der Waals surface area contributed by atoms with Crippen LogP contribution in [-0.4, -0.2) is 5.78 Å². The van der Waals surface area contributed by atoms with Crippen LogP contribution in [-0.2, 0) is 0 Å². The van der Waals surface area contributed by atoms with Crippen molar-refractivity contribution in [3.8, 4) is 0 Å². The molecule has 2 rings (SSSR count). The van der Waals surface area contributed by atoms with Gasteiger partial charge in [-0.25, -0.2) is 8.78 Å². The lowest BCUT2D eigenvalue weighted by molar-refractivity contribution is 0.0940. The number of Topliss-reactive ketones (excluding diaryl/α,β-unsaturated/α-hetero) is 1. The molecule has 0 spiro atoms. The van der Waals surface area contributed by atoms with Gasteiger partial charge in [-0.2, -0.15) is 0 Å². The van der Waals surface area contributed by atoms with E-state index in [4.69, 9.17) is 0 Å². The maximum absolute atomic E-state index is 13.5. The molecule has 0 heterocycles. The lowest BCUT2D eigenvalue weighted by Crippen LogP contribution is -2.10. The molecule has 0 bridgehead atoms. The molecule has 92 valence electrons. The van der Waals surface area contributed by atoms with E-state index in [2.05, 4.69) is 0 Å². The Morgan fingerprint density at radius 3 is 2.12 bits per heavy atom. The van der Waals surface area contributed by atoms with Crippen LogP contribution in [0, 0.1) is 28.4 Å². The molecule has 1 saturated carbocycles. The fraction of sp³-hybridized carbons (Fsp3) is 0.500. The summed E-state index contributed by atoms with van der Waals surface area (Å²) in [5.74, 6) is -2.54. The van der Waals surface area contributed by atoms with Crippen molar-refractivity contribution in [1.29, 1.82) is 0 Å². The Morgan fingerprint density at radius 1 is 1.12 bits per heavy atom. The van der Waals surface area contributed by atoms with Gasteiger partial charge in [-0.3, -0.25) is 4.79 Å². The molecule has 0 saturated heterocycles. The highest BCUT2D eigenvalue weighted by atomic mass is 19.2. The van der Waals surface area contributed by atoms with Crippen molar-refractivity contribution in [2.75, 3.05) is 0 Å². The quantitative estimate of drug-likeness (QED) is 0.716. The van der Waals surface area contributed by atoms with Crippen LogP contribution < -0.4 is 0 Å². The molecule has 1 aromatic rings. The van der Waals surface area contributed by atoms with Crippen LogP contribution in [0.25, 0.3) is 0 Å². The first kappa shape index (κ1) is 12.2. The molecule has 0 N–H and O–H groups in total. The lowest BCUT2D eigenvalue weighted by atomic mass is 10.0. The Balaban J connectivity index is 2.38. The van der Waals surface area contributed by atoms with Gasteiger partial charge in [0, 0.05) is 5.92 Å². The molecule has 0 aromatic heterocycles. The first-order chi connectivity index (χ1) is 7.71. The monoisotopic (exact) mass is 238 g/mol. The molecule has 0 unspecified atom stereocenters. The van der Waals surface area contributed by atoms with E-state index in [1.807, 2.05) is 27.7 Å². The number of rotatable bonds is 2. The summed E-state index contributed by atoms with van der Waals surface area (Å²) in [6.45, 7) is 7.92. The first-order valence-electron chi connectivity index (χ1n) is 5.69. The first-order valence-corrected chi connectivity index (χ1v) is 5.69.